The maximum atomic E-state index is 12.8. The first-order chi connectivity index (χ1) is 8.15. The molecule has 0 aliphatic rings. The Hall–Kier alpha value is -1.88. The molecule has 2 aromatic heterocycles. The molecular weight excluding hydrogens is 243 g/mol. The Morgan fingerprint density at radius 1 is 1.29 bits per heavy atom. The number of nitrogen functional groups attached to an aromatic ring is 1. The van der Waals surface area contributed by atoms with E-state index in [-0.39, 0.29) is 5.69 Å². The summed E-state index contributed by atoms with van der Waals surface area (Å²) >= 11 is 5.67. The van der Waals surface area contributed by atoms with Gasteiger partial charge in [-0.1, -0.05) is 17.7 Å². The van der Waals surface area contributed by atoms with Crippen molar-refractivity contribution >= 4 is 23.1 Å². The summed E-state index contributed by atoms with van der Waals surface area (Å²) in [6.07, 6.45) is 2.76. The number of rotatable bonds is 3. The van der Waals surface area contributed by atoms with Crippen LogP contribution in [0.15, 0.2) is 30.6 Å². The van der Waals surface area contributed by atoms with E-state index >= 15 is 0 Å². The molecule has 3 N–H and O–H groups in total. The van der Waals surface area contributed by atoms with Crippen LogP contribution in [0.4, 0.5) is 15.9 Å². The van der Waals surface area contributed by atoms with Crippen LogP contribution < -0.4 is 11.1 Å². The fraction of sp³-hybridized carbons (Fsp3) is 0.0909. The van der Waals surface area contributed by atoms with Gasteiger partial charge in [0.25, 0.3) is 0 Å². The van der Waals surface area contributed by atoms with Gasteiger partial charge in [-0.2, -0.15) is 0 Å². The quantitative estimate of drug-likeness (QED) is 0.824. The first-order valence-corrected chi connectivity index (χ1v) is 5.28. The minimum Gasteiger partial charge on any atom is -0.396 e. The van der Waals surface area contributed by atoms with Gasteiger partial charge in [-0.05, 0) is 11.6 Å². The lowest BCUT2D eigenvalue weighted by Gasteiger charge is -2.07. The van der Waals surface area contributed by atoms with Gasteiger partial charge in [0.15, 0.2) is 0 Å². The monoisotopic (exact) mass is 252 g/mol. The molecule has 0 saturated carbocycles. The summed E-state index contributed by atoms with van der Waals surface area (Å²) in [4.78, 5) is 7.79. The van der Waals surface area contributed by atoms with Gasteiger partial charge in [0.05, 0.1) is 11.9 Å². The summed E-state index contributed by atoms with van der Waals surface area (Å²) in [5.41, 5.74) is 6.81. The molecule has 0 fully saturated rings. The topological polar surface area (TPSA) is 63.8 Å². The SMILES string of the molecule is Nc1cc(F)cnc1NCc1ccc(Cl)nc1. The van der Waals surface area contributed by atoms with Crippen molar-refractivity contribution in [3.63, 3.8) is 0 Å². The number of aromatic nitrogens is 2. The number of nitrogens with two attached hydrogens (primary N) is 1. The predicted octanol–water partition coefficient (Wildman–Crippen LogP) is 2.46. The third-order valence-corrected chi connectivity index (χ3v) is 2.36. The average Bonchev–Trinajstić information content (AvgIpc) is 2.30. The van der Waals surface area contributed by atoms with Gasteiger partial charge in [0.2, 0.25) is 0 Å². The van der Waals surface area contributed by atoms with E-state index in [0.717, 1.165) is 11.8 Å². The normalized spacial score (nSPS) is 10.2. The van der Waals surface area contributed by atoms with Crippen LogP contribution in [0.5, 0.6) is 0 Å². The minimum absolute atomic E-state index is 0.270. The third-order valence-electron chi connectivity index (χ3n) is 2.13. The first-order valence-electron chi connectivity index (χ1n) is 4.90. The zero-order chi connectivity index (χ0) is 12.3. The highest BCUT2D eigenvalue weighted by Gasteiger charge is 2.02. The number of hydrogen-bond donors (Lipinski definition) is 2. The molecule has 0 unspecified atom stereocenters. The van der Waals surface area contributed by atoms with Gasteiger partial charge in [-0.3, -0.25) is 0 Å². The van der Waals surface area contributed by atoms with Crippen LogP contribution in [-0.4, -0.2) is 9.97 Å². The highest BCUT2D eigenvalue weighted by molar-refractivity contribution is 6.29. The Morgan fingerprint density at radius 3 is 2.76 bits per heavy atom. The summed E-state index contributed by atoms with van der Waals surface area (Å²) in [5, 5.41) is 3.43. The molecule has 0 bridgehead atoms. The Morgan fingerprint density at radius 2 is 2.12 bits per heavy atom. The Balaban J connectivity index is 2.04. The molecule has 0 spiro atoms. The third kappa shape index (κ3) is 3.04. The van der Waals surface area contributed by atoms with Crippen molar-refractivity contribution in [1.82, 2.24) is 9.97 Å². The van der Waals surface area contributed by atoms with Crippen LogP contribution in [0.25, 0.3) is 0 Å². The van der Waals surface area contributed by atoms with Gasteiger partial charge in [-0.15, -0.1) is 0 Å². The summed E-state index contributed by atoms with van der Waals surface area (Å²) < 4.78 is 12.8. The molecule has 0 aromatic carbocycles. The summed E-state index contributed by atoms with van der Waals surface area (Å²) in [7, 11) is 0. The van der Waals surface area contributed by atoms with Crippen molar-refractivity contribution in [1.29, 1.82) is 0 Å². The number of anilines is 2. The second kappa shape index (κ2) is 4.97. The van der Waals surface area contributed by atoms with E-state index in [2.05, 4.69) is 15.3 Å². The van der Waals surface area contributed by atoms with Crippen molar-refractivity contribution in [3.8, 4) is 0 Å². The van der Waals surface area contributed by atoms with Crippen LogP contribution >= 0.6 is 11.6 Å². The zero-order valence-electron chi connectivity index (χ0n) is 8.82. The Bertz CT molecular complexity index is 515. The van der Waals surface area contributed by atoms with Gasteiger partial charge >= 0.3 is 0 Å². The van der Waals surface area contributed by atoms with E-state index in [1.54, 1.807) is 12.3 Å². The van der Waals surface area contributed by atoms with Gasteiger partial charge in [0, 0.05) is 18.8 Å². The molecule has 17 heavy (non-hydrogen) atoms. The molecule has 0 aliphatic carbocycles. The maximum Gasteiger partial charge on any atom is 0.149 e. The summed E-state index contributed by atoms with van der Waals surface area (Å²) in [6.45, 7) is 0.493. The van der Waals surface area contributed by atoms with E-state index in [0.29, 0.717) is 17.5 Å². The van der Waals surface area contributed by atoms with Crippen LogP contribution in [0.2, 0.25) is 5.15 Å². The van der Waals surface area contributed by atoms with E-state index in [1.165, 1.54) is 6.07 Å². The number of nitrogens with zero attached hydrogens (tertiary/aromatic N) is 2. The van der Waals surface area contributed by atoms with E-state index in [4.69, 9.17) is 17.3 Å². The van der Waals surface area contributed by atoms with Crippen molar-refractivity contribution in [2.45, 2.75) is 6.54 Å². The number of nitrogens with one attached hydrogen (secondary N) is 1. The largest absolute Gasteiger partial charge is 0.396 e. The molecular formula is C11H10ClFN4. The highest BCUT2D eigenvalue weighted by atomic mass is 35.5. The van der Waals surface area contributed by atoms with E-state index < -0.39 is 5.82 Å². The van der Waals surface area contributed by atoms with Crippen LogP contribution in [0, 0.1) is 5.82 Å². The van der Waals surface area contributed by atoms with Gasteiger partial charge in [-0.25, -0.2) is 14.4 Å². The lowest BCUT2D eigenvalue weighted by Crippen LogP contribution is -2.05. The van der Waals surface area contributed by atoms with E-state index in [1.807, 2.05) is 6.07 Å². The van der Waals surface area contributed by atoms with Gasteiger partial charge in [0.1, 0.15) is 16.8 Å². The minimum atomic E-state index is -0.457. The lowest BCUT2D eigenvalue weighted by molar-refractivity contribution is 0.622. The second-order valence-corrected chi connectivity index (χ2v) is 3.82. The predicted molar refractivity (Wildman–Crippen MR) is 65.2 cm³/mol. The molecule has 0 saturated heterocycles. The molecule has 0 amide bonds. The zero-order valence-corrected chi connectivity index (χ0v) is 9.58. The molecule has 2 rings (SSSR count). The van der Waals surface area contributed by atoms with Gasteiger partial charge < -0.3 is 11.1 Å². The molecule has 4 nitrogen and oxygen atoms in total. The lowest BCUT2D eigenvalue weighted by atomic mass is 10.3. The van der Waals surface area contributed by atoms with E-state index in [9.17, 15) is 4.39 Å². The van der Waals surface area contributed by atoms with Crippen LogP contribution in [0.1, 0.15) is 5.56 Å². The van der Waals surface area contributed by atoms with Crippen molar-refractivity contribution in [3.05, 3.63) is 47.1 Å². The Labute approximate surface area is 103 Å². The second-order valence-electron chi connectivity index (χ2n) is 3.43. The fourth-order valence-electron chi connectivity index (χ4n) is 1.30. The molecule has 88 valence electrons. The number of hydrogen-bond acceptors (Lipinski definition) is 4. The molecule has 0 aliphatic heterocycles. The van der Waals surface area contributed by atoms with Crippen LogP contribution in [-0.2, 0) is 6.54 Å². The van der Waals surface area contributed by atoms with Crippen LogP contribution in [0.3, 0.4) is 0 Å². The average molecular weight is 253 g/mol. The molecule has 2 aromatic rings. The van der Waals surface area contributed by atoms with Crippen molar-refractivity contribution in [2.24, 2.45) is 0 Å². The molecule has 0 radical (unpaired) electrons. The first kappa shape index (κ1) is 11.6. The standard InChI is InChI=1S/C11H10ClFN4/c12-10-2-1-7(4-15-10)5-16-11-9(14)3-8(13)6-17-11/h1-4,6H,5,14H2,(H,16,17). The van der Waals surface area contributed by atoms with Crippen molar-refractivity contribution < 1.29 is 4.39 Å². The Kier molecular flexibility index (Phi) is 3.39. The number of pyridine rings is 2. The fourth-order valence-corrected chi connectivity index (χ4v) is 1.41. The number of halogens is 2. The molecule has 2 heterocycles. The molecule has 6 heteroatoms. The smallest absolute Gasteiger partial charge is 0.149 e. The summed E-state index contributed by atoms with van der Waals surface area (Å²) in [6, 6.07) is 4.75. The maximum absolute atomic E-state index is 12.8. The van der Waals surface area contributed by atoms with Crippen molar-refractivity contribution in [2.75, 3.05) is 11.1 Å². The summed E-state index contributed by atoms with van der Waals surface area (Å²) in [5.74, 6) is -0.0115. The molecule has 0 atom stereocenters. The highest BCUT2D eigenvalue weighted by Crippen LogP contribution is 2.16.